The molecule has 1 aliphatic heterocycles. The van der Waals surface area contributed by atoms with Crippen molar-refractivity contribution in [2.75, 3.05) is 11.9 Å². The molecule has 0 fully saturated rings. The molecule has 1 aliphatic rings. The van der Waals surface area contributed by atoms with Gasteiger partial charge in [-0.25, -0.2) is 9.78 Å². The number of anilines is 1. The van der Waals surface area contributed by atoms with Gasteiger partial charge in [-0.1, -0.05) is 18.2 Å². The molecule has 3 N–H and O–H groups in total. The molecule has 1 unspecified atom stereocenters. The molecule has 0 spiro atoms. The molecule has 2 aromatic rings. The van der Waals surface area contributed by atoms with Gasteiger partial charge in [0.05, 0.1) is 0 Å². The number of nitrogens with zero attached hydrogens (tertiary/aromatic N) is 3. The Morgan fingerprint density at radius 2 is 2.20 bits per heavy atom. The highest BCUT2D eigenvalue weighted by Crippen LogP contribution is 2.30. The Balaban J connectivity index is 1.87. The van der Waals surface area contributed by atoms with Gasteiger partial charge in [-0.2, -0.15) is 5.26 Å². The van der Waals surface area contributed by atoms with Crippen molar-refractivity contribution in [1.82, 2.24) is 9.88 Å². The molecule has 1 aromatic heterocycles. The van der Waals surface area contributed by atoms with Gasteiger partial charge in [-0.05, 0) is 43.2 Å². The molecule has 0 aliphatic carbocycles. The van der Waals surface area contributed by atoms with Crippen molar-refractivity contribution in [1.29, 1.82) is 5.26 Å². The van der Waals surface area contributed by atoms with Crippen molar-refractivity contribution < 1.29 is 4.79 Å². The van der Waals surface area contributed by atoms with Crippen LogP contribution in [0.3, 0.4) is 0 Å². The Kier molecular flexibility index (Phi) is 4.43. The van der Waals surface area contributed by atoms with Crippen LogP contribution in [0.5, 0.6) is 0 Å². The molecule has 2 amide bonds. The second-order valence-electron chi connectivity index (χ2n) is 6.54. The zero-order valence-electron chi connectivity index (χ0n) is 14.4. The molecule has 2 heterocycles. The molecule has 0 bridgehead atoms. The fourth-order valence-electron chi connectivity index (χ4n) is 3.03. The number of hydrogen-bond donors (Lipinski definition) is 2. The number of benzene rings is 1. The molecule has 1 atom stereocenters. The maximum Gasteiger partial charge on any atom is 0.322 e. The van der Waals surface area contributed by atoms with Crippen LogP contribution in [0.1, 0.15) is 36.4 Å². The normalized spacial score (nSPS) is 15.8. The highest BCUT2D eigenvalue weighted by atomic mass is 16.2. The van der Waals surface area contributed by atoms with E-state index in [4.69, 9.17) is 11.0 Å². The lowest BCUT2D eigenvalue weighted by atomic mass is 9.87. The molecule has 3 rings (SSSR count). The van der Waals surface area contributed by atoms with Crippen LogP contribution in [0, 0.1) is 11.3 Å². The van der Waals surface area contributed by atoms with Crippen LogP contribution >= 0.6 is 0 Å². The number of carbonyl (C=O) groups excluding carboxylic acids is 1. The van der Waals surface area contributed by atoms with Crippen LogP contribution in [0.25, 0.3) is 0 Å². The van der Waals surface area contributed by atoms with Gasteiger partial charge in [0.2, 0.25) is 0 Å². The first-order valence-electron chi connectivity index (χ1n) is 8.27. The van der Waals surface area contributed by atoms with Gasteiger partial charge in [-0.15, -0.1) is 0 Å². The number of nitrogens with two attached hydrogens (primary N) is 1. The zero-order chi connectivity index (χ0) is 18.0. The fraction of sp³-hybridized carbons (Fsp3) is 0.316. The van der Waals surface area contributed by atoms with E-state index in [0.29, 0.717) is 25.2 Å². The number of urea groups is 1. The maximum absolute atomic E-state index is 12.1. The van der Waals surface area contributed by atoms with Crippen molar-refractivity contribution in [3.63, 3.8) is 0 Å². The monoisotopic (exact) mass is 335 g/mol. The van der Waals surface area contributed by atoms with E-state index in [2.05, 4.69) is 10.3 Å². The van der Waals surface area contributed by atoms with Crippen LogP contribution in [0.4, 0.5) is 10.5 Å². The van der Waals surface area contributed by atoms with Crippen LogP contribution in [-0.4, -0.2) is 22.5 Å². The lowest BCUT2D eigenvalue weighted by Gasteiger charge is -2.31. The van der Waals surface area contributed by atoms with Crippen molar-refractivity contribution in [2.24, 2.45) is 5.73 Å². The average Bonchev–Trinajstić information content (AvgIpc) is 2.60. The van der Waals surface area contributed by atoms with E-state index in [1.165, 1.54) is 0 Å². The van der Waals surface area contributed by atoms with Crippen molar-refractivity contribution in [2.45, 2.75) is 32.4 Å². The third kappa shape index (κ3) is 3.47. The first-order chi connectivity index (χ1) is 11.9. The SMILES string of the molecule is CCN1Cc2ccc(C(C)(N)Cc3cccc(C#N)n3)cc2NC1=O. The van der Waals surface area contributed by atoms with Gasteiger partial charge in [0, 0.05) is 36.4 Å². The highest BCUT2D eigenvalue weighted by molar-refractivity contribution is 5.92. The largest absolute Gasteiger partial charge is 0.322 e. The number of aromatic nitrogens is 1. The predicted molar refractivity (Wildman–Crippen MR) is 95.7 cm³/mol. The highest BCUT2D eigenvalue weighted by Gasteiger charge is 2.26. The molecule has 0 saturated carbocycles. The average molecular weight is 335 g/mol. The second kappa shape index (κ2) is 6.54. The number of carbonyl (C=O) groups is 1. The molecule has 6 nitrogen and oxygen atoms in total. The number of fused-ring (bicyclic) bond motifs is 1. The van der Waals surface area contributed by atoms with Crippen molar-refractivity contribution in [3.8, 4) is 6.07 Å². The van der Waals surface area contributed by atoms with E-state index in [9.17, 15) is 4.79 Å². The van der Waals surface area contributed by atoms with Crippen LogP contribution in [0.15, 0.2) is 36.4 Å². The van der Waals surface area contributed by atoms with Crippen molar-refractivity contribution in [3.05, 3.63) is 58.9 Å². The van der Waals surface area contributed by atoms with Crippen LogP contribution in [-0.2, 0) is 18.5 Å². The molecule has 0 saturated heterocycles. The zero-order valence-corrected chi connectivity index (χ0v) is 14.4. The minimum absolute atomic E-state index is 0.0886. The van der Waals surface area contributed by atoms with Gasteiger partial charge < -0.3 is 16.0 Å². The lowest BCUT2D eigenvalue weighted by Crippen LogP contribution is -2.39. The number of rotatable bonds is 4. The smallest absolute Gasteiger partial charge is 0.321 e. The lowest BCUT2D eigenvalue weighted by molar-refractivity contribution is 0.209. The first kappa shape index (κ1) is 16.9. The maximum atomic E-state index is 12.1. The molecular formula is C19H21N5O. The van der Waals surface area contributed by atoms with E-state index in [1.807, 2.05) is 50.2 Å². The van der Waals surface area contributed by atoms with Gasteiger partial charge >= 0.3 is 6.03 Å². The summed E-state index contributed by atoms with van der Waals surface area (Å²) in [5.74, 6) is 0. The predicted octanol–water partition coefficient (Wildman–Crippen LogP) is 2.74. The Labute approximate surface area is 147 Å². The molecule has 0 radical (unpaired) electrons. The molecule has 1 aromatic carbocycles. The third-order valence-corrected chi connectivity index (χ3v) is 4.51. The van der Waals surface area contributed by atoms with Crippen LogP contribution < -0.4 is 11.1 Å². The summed E-state index contributed by atoms with van der Waals surface area (Å²) in [6, 6.07) is 13.3. The van der Waals surface area contributed by atoms with Crippen LogP contribution in [0.2, 0.25) is 0 Å². The van der Waals surface area contributed by atoms with Gasteiger partial charge in [-0.3, -0.25) is 0 Å². The molecule has 25 heavy (non-hydrogen) atoms. The summed E-state index contributed by atoms with van der Waals surface area (Å²) in [4.78, 5) is 18.1. The Hall–Kier alpha value is -2.91. The summed E-state index contributed by atoms with van der Waals surface area (Å²) in [7, 11) is 0. The first-order valence-corrected chi connectivity index (χ1v) is 8.27. The quantitative estimate of drug-likeness (QED) is 0.898. The number of nitrogens with one attached hydrogen (secondary N) is 1. The second-order valence-corrected chi connectivity index (χ2v) is 6.54. The van der Waals surface area contributed by atoms with E-state index in [-0.39, 0.29) is 6.03 Å². The fourth-order valence-corrected chi connectivity index (χ4v) is 3.03. The summed E-state index contributed by atoms with van der Waals surface area (Å²) in [6.07, 6.45) is 0.496. The Bertz CT molecular complexity index is 853. The molecular weight excluding hydrogens is 314 g/mol. The minimum atomic E-state index is -0.664. The summed E-state index contributed by atoms with van der Waals surface area (Å²) < 4.78 is 0. The summed E-state index contributed by atoms with van der Waals surface area (Å²) in [5, 5.41) is 11.9. The van der Waals surface area contributed by atoms with Gasteiger partial charge in [0.25, 0.3) is 0 Å². The summed E-state index contributed by atoms with van der Waals surface area (Å²) in [6.45, 7) is 5.16. The van der Waals surface area contributed by atoms with E-state index < -0.39 is 5.54 Å². The number of amides is 2. The summed E-state index contributed by atoms with van der Waals surface area (Å²) >= 11 is 0. The standard InChI is InChI=1S/C19H21N5O/c1-3-24-12-13-7-8-14(9-17(13)23-18(24)25)19(2,21)10-15-5-4-6-16(11-20)22-15/h4-9H,3,10,12,21H2,1-2H3,(H,23,25). The summed E-state index contributed by atoms with van der Waals surface area (Å²) in [5.41, 5.74) is 9.82. The Morgan fingerprint density at radius 1 is 1.40 bits per heavy atom. The number of nitriles is 1. The van der Waals surface area contributed by atoms with E-state index in [1.54, 1.807) is 11.0 Å². The molecule has 6 heteroatoms. The van der Waals surface area contributed by atoms with Gasteiger partial charge in [0.15, 0.2) is 0 Å². The van der Waals surface area contributed by atoms with Gasteiger partial charge in [0.1, 0.15) is 11.8 Å². The van der Waals surface area contributed by atoms with E-state index >= 15 is 0 Å². The number of pyridine rings is 1. The molecule has 128 valence electrons. The topological polar surface area (TPSA) is 95.0 Å². The Morgan fingerprint density at radius 3 is 2.92 bits per heavy atom. The number of hydrogen-bond acceptors (Lipinski definition) is 4. The van der Waals surface area contributed by atoms with E-state index in [0.717, 1.165) is 22.5 Å². The third-order valence-electron chi connectivity index (χ3n) is 4.51. The minimum Gasteiger partial charge on any atom is -0.321 e. The van der Waals surface area contributed by atoms with Crippen molar-refractivity contribution >= 4 is 11.7 Å².